The lowest BCUT2D eigenvalue weighted by atomic mass is 10.2. The Hall–Kier alpha value is -1.34. The molecule has 1 aromatic carbocycles. The first-order valence-electron chi connectivity index (χ1n) is 7.02. The number of aromatic nitrogens is 1. The molecule has 3 rings (SSSR count). The van der Waals surface area contributed by atoms with E-state index in [0.29, 0.717) is 33.3 Å². The molecule has 1 atom stereocenters. The smallest absolute Gasteiger partial charge is 0.230 e. The van der Waals surface area contributed by atoms with Crippen molar-refractivity contribution < 1.29 is 4.79 Å². The lowest BCUT2D eigenvalue weighted by Crippen LogP contribution is -2.27. The number of thioether (sulfide) groups is 1. The maximum atomic E-state index is 12.0. The Morgan fingerprint density at radius 2 is 1.92 bits per heavy atom. The Morgan fingerprint density at radius 3 is 2.67 bits per heavy atom. The molecule has 9 heteroatoms. The topological polar surface area (TPSA) is 66.0 Å². The van der Waals surface area contributed by atoms with E-state index >= 15 is 0 Å². The number of carbonyl (C=O) groups is 1. The molecule has 1 unspecified atom stereocenters. The van der Waals surface area contributed by atoms with E-state index in [1.807, 2.05) is 6.07 Å². The molecule has 5 nitrogen and oxygen atoms in total. The minimum atomic E-state index is -0.127. The summed E-state index contributed by atoms with van der Waals surface area (Å²) >= 11 is 19.1. The molecule has 3 N–H and O–H groups in total. The van der Waals surface area contributed by atoms with Crippen LogP contribution in [0.4, 0.5) is 11.5 Å². The van der Waals surface area contributed by atoms with Crippen LogP contribution in [0.5, 0.6) is 0 Å². The van der Waals surface area contributed by atoms with Gasteiger partial charge in [-0.25, -0.2) is 4.98 Å². The van der Waals surface area contributed by atoms with Crippen LogP contribution in [0.3, 0.4) is 0 Å². The minimum absolute atomic E-state index is 0.0818. The highest BCUT2D eigenvalue weighted by molar-refractivity contribution is 8.00. The summed E-state index contributed by atoms with van der Waals surface area (Å²) in [6.07, 6.45) is 0. The molecular weight excluding hydrogens is 391 g/mol. The highest BCUT2D eigenvalue weighted by Crippen LogP contribution is 2.31. The molecule has 0 radical (unpaired) electrons. The van der Waals surface area contributed by atoms with E-state index in [2.05, 4.69) is 20.9 Å². The van der Waals surface area contributed by atoms with E-state index in [-0.39, 0.29) is 11.4 Å². The van der Waals surface area contributed by atoms with E-state index in [1.54, 1.807) is 24.3 Å². The van der Waals surface area contributed by atoms with E-state index < -0.39 is 0 Å². The first kappa shape index (κ1) is 17.5. The normalized spacial score (nSPS) is 15.4. The summed E-state index contributed by atoms with van der Waals surface area (Å²) in [5, 5.41) is 10.7. The van der Waals surface area contributed by atoms with Gasteiger partial charge in [-0.2, -0.15) is 0 Å². The molecule has 126 valence electrons. The van der Waals surface area contributed by atoms with Crippen LogP contribution in [0, 0.1) is 0 Å². The van der Waals surface area contributed by atoms with Crippen LogP contribution in [0.15, 0.2) is 30.3 Å². The number of halogens is 3. The van der Waals surface area contributed by atoms with Crippen LogP contribution in [-0.4, -0.2) is 22.1 Å². The average molecular weight is 404 g/mol. The summed E-state index contributed by atoms with van der Waals surface area (Å²) in [6, 6.07) is 8.76. The first-order chi connectivity index (χ1) is 11.5. The zero-order valence-corrected chi connectivity index (χ0v) is 15.4. The third-order valence-corrected chi connectivity index (χ3v) is 4.85. The van der Waals surface area contributed by atoms with Crippen molar-refractivity contribution in [3.8, 4) is 0 Å². The van der Waals surface area contributed by atoms with Gasteiger partial charge in [0.2, 0.25) is 5.91 Å². The predicted molar refractivity (Wildman–Crippen MR) is 101 cm³/mol. The van der Waals surface area contributed by atoms with Crippen molar-refractivity contribution in [2.24, 2.45) is 0 Å². The van der Waals surface area contributed by atoms with Crippen molar-refractivity contribution in [2.45, 2.75) is 12.0 Å². The van der Waals surface area contributed by atoms with Gasteiger partial charge in [-0.3, -0.25) is 4.79 Å². The molecule has 1 aliphatic rings. The molecular formula is C15H13Cl3N4OS. The third-order valence-electron chi connectivity index (χ3n) is 3.21. The molecule has 0 saturated heterocycles. The van der Waals surface area contributed by atoms with Gasteiger partial charge in [-0.15, -0.1) is 11.8 Å². The second kappa shape index (κ2) is 7.70. The summed E-state index contributed by atoms with van der Waals surface area (Å²) < 4.78 is 0. The van der Waals surface area contributed by atoms with Crippen LogP contribution in [-0.2, 0) is 11.3 Å². The number of nitrogens with one attached hydrogen (secondary N) is 3. The second-order valence-electron chi connectivity index (χ2n) is 5.06. The van der Waals surface area contributed by atoms with Crippen LogP contribution in [0.25, 0.3) is 0 Å². The number of amides is 1. The fraction of sp³-hybridized carbons (Fsp3) is 0.200. The molecule has 2 heterocycles. The van der Waals surface area contributed by atoms with Crippen molar-refractivity contribution in [1.29, 1.82) is 0 Å². The summed E-state index contributed by atoms with van der Waals surface area (Å²) in [5.41, 5.74) is 1.59. The highest BCUT2D eigenvalue weighted by atomic mass is 35.5. The summed E-state index contributed by atoms with van der Waals surface area (Å²) in [7, 11) is 0. The zero-order chi connectivity index (χ0) is 17.1. The Balaban J connectivity index is 1.45. The van der Waals surface area contributed by atoms with Gasteiger partial charge >= 0.3 is 0 Å². The number of fused-ring (bicyclic) bond motifs is 1. The lowest BCUT2D eigenvalue weighted by Gasteiger charge is -2.11. The number of anilines is 2. The Bertz CT molecular complexity index is 754. The SMILES string of the molecule is O=C(CSC1Nc2ccc(Cl)nc2N1)NCc1cc(Cl)cc(Cl)c1. The summed E-state index contributed by atoms with van der Waals surface area (Å²) in [4.78, 5) is 16.2. The van der Waals surface area contributed by atoms with Crippen LogP contribution in [0.1, 0.15) is 5.56 Å². The van der Waals surface area contributed by atoms with E-state index in [0.717, 1.165) is 11.3 Å². The van der Waals surface area contributed by atoms with Gasteiger partial charge in [0, 0.05) is 16.6 Å². The average Bonchev–Trinajstić information content (AvgIpc) is 2.92. The van der Waals surface area contributed by atoms with Gasteiger partial charge in [0.1, 0.15) is 10.7 Å². The maximum Gasteiger partial charge on any atom is 0.230 e. The number of hydrogen-bond acceptors (Lipinski definition) is 5. The van der Waals surface area contributed by atoms with Crippen molar-refractivity contribution >= 4 is 64.0 Å². The fourth-order valence-corrected chi connectivity index (χ4v) is 3.71. The Morgan fingerprint density at radius 1 is 1.17 bits per heavy atom. The second-order valence-corrected chi connectivity index (χ2v) is 7.42. The number of benzene rings is 1. The van der Waals surface area contributed by atoms with Crippen LogP contribution < -0.4 is 16.0 Å². The number of hydrogen-bond donors (Lipinski definition) is 3. The molecule has 0 fully saturated rings. The molecule has 1 aliphatic heterocycles. The molecule has 1 amide bonds. The van der Waals surface area contributed by atoms with Crippen LogP contribution >= 0.6 is 46.6 Å². The molecule has 0 bridgehead atoms. The van der Waals surface area contributed by atoms with Crippen molar-refractivity contribution in [1.82, 2.24) is 10.3 Å². The lowest BCUT2D eigenvalue weighted by molar-refractivity contribution is -0.118. The van der Waals surface area contributed by atoms with Gasteiger partial charge in [-0.1, -0.05) is 34.8 Å². The molecule has 0 spiro atoms. The number of nitrogens with zero attached hydrogens (tertiary/aromatic N) is 1. The largest absolute Gasteiger partial charge is 0.354 e. The van der Waals surface area contributed by atoms with Gasteiger partial charge in [0.25, 0.3) is 0 Å². The highest BCUT2D eigenvalue weighted by Gasteiger charge is 2.21. The zero-order valence-electron chi connectivity index (χ0n) is 12.3. The van der Waals surface area contributed by atoms with Crippen molar-refractivity contribution in [2.75, 3.05) is 16.4 Å². The van der Waals surface area contributed by atoms with Crippen LogP contribution in [0.2, 0.25) is 15.2 Å². The number of rotatable bonds is 5. The standard InChI is InChI=1S/C15H13Cl3N4OS/c16-9-3-8(4-10(17)5-9)6-19-13(23)7-24-15-20-11-1-2-12(18)21-14(11)22-15/h1-5,15,20H,6-7H2,(H,19,23)(H,21,22). The predicted octanol–water partition coefficient (Wildman–Crippen LogP) is 4.21. The minimum Gasteiger partial charge on any atom is -0.354 e. The quantitative estimate of drug-likeness (QED) is 0.653. The summed E-state index contributed by atoms with van der Waals surface area (Å²) in [5.74, 6) is 0.899. The monoisotopic (exact) mass is 402 g/mol. The van der Waals surface area contributed by atoms with Gasteiger partial charge in [-0.05, 0) is 35.9 Å². The summed E-state index contributed by atoms with van der Waals surface area (Å²) in [6.45, 7) is 0.378. The first-order valence-corrected chi connectivity index (χ1v) is 9.21. The van der Waals surface area contributed by atoms with E-state index in [4.69, 9.17) is 34.8 Å². The number of carbonyl (C=O) groups excluding carboxylic acids is 1. The molecule has 0 saturated carbocycles. The molecule has 1 aromatic heterocycles. The van der Waals surface area contributed by atoms with Gasteiger partial charge in [0.05, 0.1) is 11.4 Å². The van der Waals surface area contributed by atoms with Gasteiger partial charge < -0.3 is 16.0 Å². The van der Waals surface area contributed by atoms with E-state index in [9.17, 15) is 4.79 Å². The third kappa shape index (κ3) is 4.60. The maximum absolute atomic E-state index is 12.0. The van der Waals surface area contributed by atoms with E-state index in [1.165, 1.54) is 11.8 Å². The molecule has 2 aromatic rings. The Kier molecular flexibility index (Phi) is 5.61. The van der Waals surface area contributed by atoms with Crippen molar-refractivity contribution in [3.63, 3.8) is 0 Å². The Labute approximate surface area is 158 Å². The fourth-order valence-electron chi connectivity index (χ4n) is 2.17. The van der Waals surface area contributed by atoms with Gasteiger partial charge in [0.15, 0.2) is 5.82 Å². The molecule has 24 heavy (non-hydrogen) atoms. The number of pyridine rings is 1. The molecule has 0 aliphatic carbocycles. The van der Waals surface area contributed by atoms with Crippen molar-refractivity contribution in [3.05, 3.63) is 51.1 Å².